The fourth-order valence-electron chi connectivity index (χ4n) is 2.39. The normalized spacial score (nSPS) is 18.4. The molecule has 3 N–H and O–H groups in total. The van der Waals surface area contributed by atoms with E-state index in [0.29, 0.717) is 0 Å². The van der Waals surface area contributed by atoms with Gasteiger partial charge in [-0.25, -0.2) is 0 Å². The van der Waals surface area contributed by atoms with E-state index >= 15 is 0 Å². The average molecular weight is 235 g/mol. The van der Waals surface area contributed by atoms with E-state index in [-0.39, 0.29) is 12.5 Å². The Balaban J connectivity index is 2.51. The van der Waals surface area contributed by atoms with Gasteiger partial charge in [-0.2, -0.15) is 0 Å². The molecule has 0 saturated heterocycles. The summed E-state index contributed by atoms with van der Waals surface area (Å²) in [6.45, 7) is 4.90. The maximum absolute atomic E-state index is 10.7. The summed E-state index contributed by atoms with van der Waals surface area (Å²) < 4.78 is 5.74. The zero-order chi connectivity index (χ0) is 12.5. The first kappa shape index (κ1) is 12.4. The predicted octanol–water partition coefficient (Wildman–Crippen LogP) is 1.81. The molecule has 0 saturated carbocycles. The second-order valence-corrected chi connectivity index (χ2v) is 5.03. The number of aliphatic hydroxyl groups is 1. The van der Waals surface area contributed by atoms with Gasteiger partial charge >= 0.3 is 0 Å². The smallest absolute Gasteiger partial charge is 0.128 e. The van der Waals surface area contributed by atoms with Crippen LogP contribution >= 0.6 is 0 Å². The second kappa shape index (κ2) is 4.67. The van der Waals surface area contributed by atoms with Crippen molar-refractivity contribution >= 4 is 0 Å². The van der Waals surface area contributed by atoms with E-state index in [4.69, 9.17) is 10.5 Å². The number of fused-ring (bicyclic) bond motifs is 1. The first-order valence-electron chi connectivity index (χ1n) is 6.27. The molecule has 2 rings (SSSR count). The lowest BCUT2D eigenvalue weighted by Gasteiger charge is -2.34. The predicted molar refractivity (Wildman–Crippen MR) is 68.0 cm³/mol. The van der Waals surface area contributed by atoms with Gasteiger partial charge in [0.15, 0.2) is 0 Å². The highest BCUT2D eigenvalue weighted by Gasteiger charge is 2.35. The Kier molecular flexibility index (Phi) is 3.40. The highest BCUT2D eigenvalue weighted by molar-refractivity contribution is 5.46. The summed E-state index contributed by atoms with van der Waals surface area (Å²) in [5, 5.41) is 10.7. The van der Waals surface area contributed by atoms with Gasteiger partial charge in [0.05, 0.1) is 6.61 Å². The summed E-state index contributed by atoms with van der Waals surface area (Å²) in [7, 11) is 0. The van der Waals surface area contributed by atoms with E-state index in [1.807, 2.05) is 26.0 Å². The molecule has 0 aromatic heterocycles. The van der Waals surface area contributed by atoms with Crippen molar-refractivity contribution in [1.29, 1.82) is 0 Å². The molecule has 0 radical (unpaired) electrons. The lowest BCUT2D eigenvalue weighted by Crippen LogP contribution is -2.40. The summed E-state index contributed by atoms with van der Waals surface area (Å²) in [6.07, 6.45) is 2.06. The van der Waals surface area contributed by atoms with Crippen molar-refractivity contribution < 1.29 is 9.84 Å². The Morgan fingerprint density at radius 3 is 2.88 bits per heavy atom. The topological polar surface area (TPSA) is 55.5 Å². The van der Waals surface area contributed by atoms with Crippen molar-refractivity contribution in [3.8, 4) is 5.75 Å². The quantitative estimate of drug-likeness (QED) is 0.840. The molecule has 3 heteroatoms. The molecule has 0 aliphatic carbocycles. The van der Waals surface area contributed by atoms with E-state index in [1.54, 1.807) is 0 Å². The monoisotopic (exact) mass is 235 g/mol. The minimum atomic E-state index is -0.997. The van der Waals surface area contributed by atoms with Gasteiger partial charge < -0.3 is 15.6 Å². The van der Waals surface area contributed by atoms with Gasteiger partial charge in [-0.1, -0.05) is 32.0 Å². The Morgan fingerprint density at radius 2 is 2.24 bits per heavy atom. The molecule has 1 aliphatic rings. The molecule has 1 atom stereocenters. The Hall–Kier alpha value is -1.06. The number of benzene rings is 1. The Morgan fingerprint density at radius 1 is 1.47 bits per heavy atom. The standard InChI is InChI=1S/C14H21NO2/c1-10(2)14(16,9-15)12-7-3-5-11-6-4-8-17-13(11)12/h3,5,7,10,16H,4,6,8-9,15H2,1-2H3. The third kappa shape index (κ3) is 2.05. The number of hydrogen-bond acceptors (Lipinski definition) is 3. The first-order valence-corrected chi connectivity index (χ1v) is 6.27. The lowest BCUT2D eigenvalue weighted by molar-refractivity contribution is -0.00404. The summed E-state index contributed by atoms with van der Waals surface area (Å²) in [6, 6.07) is 5.97. The number of aryl methyl sites for hydroxylation is 1. The van der Waals surface area contributed by atoms with Crippen molar-refractivity contribution in [2.24, 2.45) is 11.7 Å². The van der Waals surface area contributed by atoms with E-state index in [0.717, 1.165) is 30.8 Å². The molecule has 94 valence electrons. The first-order chi connectivity index (χ1) is 8.09. The van der Waals surface area contributed by atoms with Crippen molar-refractivity contribution in [3.05, 3.63) is 29.3 Å². The minimum absolute atomic E-state index is 0.0597. The molecule has 1 aromatic rings. The molecule has 1 aromatic carbocycles. The number of para-hydroxylation sites is 1. The third-order valence-corrected chi connectivity index (χ3v) is 3.67. The van der Waals surface area contributed by atoms with Gasteiger partial charge in [-0.05, 0) is 24.3 Å². The van der Waals surface area contributed by atoms with Gasteiger partial charge in [-0.15, -0.1) is 0 Å². The van der Waals surface area contributed by atoms with Crippen LogP contribution in [0.2, 0.25) is 0 Å². The van der Waals surface area contributed by atoms with Gasteiger partial charge in [0.1, 0.15) is 11.4 Å². The lowest BCUT2D eigenvalue weighted by atomic mass is 9.81. The van der Waals surface area contributed by atoms with Gasteiger partial charge in [0.2, 0.25) is 0 Å². The fourth-order valence-corrected chi connectivity index (χ4v) is 2.39. The Bertz CT molecular complexity index is 403. The van der Waals surface area contributed by atoms with Crippen LogP contribution in [0.5, 0.6) is 5.75 Å². The summed E-state index contributed by atoms with van der Waals surface area (Å²) >= 11 is 0. The van der Waals surface area contributed by atoms with Crippen LogP contribution in [0.1, 0.15) is 31.4 Å². The third-order valence-electron chi connectivity index (χ3n) is 3.67. The molecule has 0 fully saturated rings. The molecule has 17 heavy (non-hydrogen) atoms. The molecule has 0 amide bonds. The van der Waals surface area contributed by atoms with E-state index in [9.17, 15) is 5.11 Å². The fraction of sp³-hybridized carbons (Fsp3) is 0.571. The van der Waals surface area contributed by atoms with Crippen LogP contribution < -0.4 is 10.5 Å². The van der Waals surface area contributed by atoms with Gasteiger partial charge in [-0.3, -0.25) is 0 Å². The molecular weight excluding hydrogens is 214 g/mol. The summed E-state index contributed by atoms with van der Waals surface area (Å²) in [4.78, 5) is 0. The van der Waals surface area contributed by atoms with Crippen molar-refractivity contribution in [2.45, 2.75) is 32.3 Å². The maximum atomic E-state index is 10.7. The van der Waals surface area contributed by atoms with Crippen molar-refractivity contribution in [3.63, 3.8) is 0 Å². The number of hydrogen-bond donors (Lipinski definition) is 2. The Labute approximate surface area is 103 Å². The largest absolute Gasteiger partial charge is 0.493 e. The molecular formula is C14H21NO2. The zero-order valence-corrected chi connectivity index (χ0v) is 10.6. The number of rotatable bonds is 3. The van der Waals surface area contributed by atoms with Gasteiger partial charge in [0.25, 0.3) is 0 Å². The summed E-state index contributed by atoms with van der Waals surface area (Å²) in [5.74, 6) is 0.907. The van der Waals surface area contributed by atoms with Gasteiger partial charge in [0, 0.05) is 12.1 Å². The van der Waals surface area contributed by atoms with Crippen LogP contribution in [-0.2, 0) is 12.0 Å². The summed E-state index contributed by atoms with van der Waals surface area (Å²) in [5.41, 5.74) is 6.79. The van der Waals surface area contributed by atoms with Crippen molar-refractivity contribution in [2.75, 3.05) is 13.2 Å². The molecule has 1 heterocycles. The van der Waals surface area contributed by atoms with Crippen LogP contribution in [0.4, 0.5) is 0 Å². The van der Waals surface area contributed by atoms with Crippen molar-refractivity contribution in [1.82, 2.24) is 0 Å². The molecule has 1 unspecified atom stereocenters. The van der Waals surface area contributed by atoms with Crippen LogP contribution in [0.25, 0.3) is 0 Å². The maximum Gasteiger partial charge on any atom is 0.128 e. The highest BCUT2D eigenvalue weighted by Crippen LogP contribution is 2.39. The minimum Gasteiger partial charge on any atom is -0.493 e. The number of ether oxygens (including phenoxy) is 1. The van der Waals surface area contributed by atoms with Crippen LogP contribution in [-0.4, -0.2) is 18.3 Å². The average Bonchev–Trinajstić information content (AvgIpc) is 2.37. The molecule has 3 nitrogen and oxygen atoms in total. The van der Waals surface area contributed by atoms with Crippen LogP contribution in [0.3, 0.4) is 0 Å². The second-order valence-electron chi connectivity index (χ2n) is 5.03. The number of nitrogens with two attached hydrogens (primary N) is 1. The van der Waals surface area contributed by atoms with E-state index < -0.39 is 5.60 Å². The molecule has 0 spiro atoms. The van der Waals surface area contributed by atoms with E-state index in [1.165, 1.54) is 5.56 Å². The van der Waals surface area contributed by atoms with Crippen LogP contribution in [0.15, 0.2) is 18.2 Å². The SMILES string of the molecule is CC(C)C(O)(CN)c1cccc2c1OCCC2. The van der Waals surface area contributed by atoms with Crippen LogP contribution in [0, 0.1) is 5.92 Å². The highest BCUT2D eigenvalue weighted by atomic mass is 16.5. The molecule has 1 aliphatic heterocycles. The molecule has 0 bridgehead atoms. The zero-order valence-electron chi connectivity index (χ0n) is 10.6. The van der Waals surface area contributed by atoms with E-state index in [2.05, 4.69) is 6.07 Å².